The molecule has 1 amide bonds. The number of nitrogens with one attached hydrogen (secondary N) is 1. The zero-order chi connectivity index (χ0) is 8.85. The Morgan fingerprint density at radius 2 is 2.27 bits per heavy atom. The smallest absolute Gasteiger partial charge is 0.247 e. The number of likely N-dealkylation sites (N-methyl/N-ethyl adjacent to an activating group) is 1. The molecule has 0 unspecified atom stereocenters. The van der Waals surface area contributed by atoms with Crippen LogP contribution >= 0.6 is 0 Å². The van der Waals surface area contributed by atoms with Crippen molar-refractivity contribution in [1.82, 2.24) is 5.32 Å². The number of hydrogen-bond acceptors (Lipinski definition) is 1. The Morgan fingerprint density at radius 1 is 1.73 bits per heavy atom. The second-order valence-corrected chi connectivity index (χ2v) is 2.05. The van der Waals surface area contributed by atoms with Gasteiger partial charge in [-0.05, 0) is 12.5 Å². The maximum Gasteiger partial charge on any atom is 0.247 e. The van der Waals surface area contributed by atoms with Crippen molar-refractivity contribution >= 4 is 5.91 Å². The van der Waals surface area contributed by atoms with Gasteiger partial charge < -0.3 is 5.32 Å². The molecule has 3 heteroatoms. The molecule has 0 atom stereocenters. The van der Waals surface area contributed by atoms with Crippen molar-refractivity contribution < 1.29 is 9.18 Å². The molecule has 0 saturated heterocycles. The first-order chi connectivity index (χ1) is 5.11. The van der Waals surface area contributed by atoms with Crippen molar-refractivity contribution in [3.63, 3.8) is 0 Å². The molecular formula is C8H12FNO. The number of hydrogen-bond donors (Lipinski definition) is 1. The van der Waals surface area contributed by atoms with Crippen LogP contribution in [-0.2, 0) is 4.79 Å². The minimum atomic E-state index is -0.592. The summed E-state index contributed by atoms with van der Waals surface area (Å²) in [6, 6.07) is 0. The molecule has 0 bridgehead atoms. The third-order valence-corrected chi connectivity index (χ3v) is 1.23. The van der Waals surface area contributed by atoms with Gasteiger partial charge in [-0.1, -0.05) is 13.5 Å². The molecule has 0 spiro atoms. The number of carbonyl (C=O) groups is 1. The zero-order valence-corrected chi connectivity index (χ0v) is 6.78. The van der Waals surface area contributed by atoms with Crippen LogP contribution < -0.4 is 5.32 Å². The topological polar surface area (TPSA) is 29.1 Å². The van der Waals surface area contributed by atoms with E-state index in [-0.39, 0.29) is 5.91 Å². The maximum atomic E-state index is 12.2. The number of allylic oxidation sites excluding steroid dienone is 2. The molecule has 0 saturated carbocycles. The van der Waals surface area contributed by atoms with Crippen LogP contribution in [-0.4, -0.2) is 13.0 Å². The second kappa shape index (κ2) is 4.66. The lowest BCUT2D eigenvalue weighted by atomic mass is 10.2. The standard InChI is InChI=1S/C8H12FNO/c1-4-7(5-6(2)9)8(11)10-3/h5H,2,4H2,1,3H3,(H,10,11)/b7-5+. The fraction of sp³-hybridized carbons (Fsp3) is 0.375. The Bertz CT molecular complexity index is 196. The van der Waals surface area contributed by atoms with Crippen LogP contribution in [0.15, 0.2) is 24.1 Å². The second-order valence-electron chi connectivity index (χ2n) is 2.05. The molecule has 1 N–H and O–H groups in total. The molecule has 0 aromatic rings. The molecule has 0 aliphatic heterocycles. The first-order valence-electron chi connectivity index (χ1n) is 3.38. The van der Waals surface area contributed by atoms with E-state index in [1.807, 2.05) is 0 Å². The van der Waals surface area contributed by atoms with Crippen molar-refractivity contribution in [3.05, 3.63) is 24.1 Å². The lowest BCUT2D eigenvalue weighted by Gasteiger charge is -2.00. The summed E-state index contributed by atoms with van der Waals surface area (Å²) in [7, 11) is 1.51. The van der Waals surface area contributed by atoms with Crippen molar-refractivity contribution in [2.75, 3.05) is 7.05 Å². The Morgan fingerprint density at radius 3 is 2.55 bits per heavy atom. The summed E-state index contributed by atoms with van der Waals surface area (Å²) in [5.74, 6) is -0.850. The molecule has 0 aliphatic carbocycles. The van der Waals surface area contributed by atoms with Gasteiger partial charge in [0.05, 0.1) is 0 Å². The van der Waals surface area contributed by atoms with E-state index in [2.05, 4.69) is 11.9 Å². The molecule has 0 heterocycles. The average molecular weight is 157 g/mol. The molecule has 0 fully saturated rings. The van der Waals surface area contributed by atoms with E-state index in [0.717, 1.165) is 6.08 Å². The number of amides is 1. The molecule has 62 valence electrons. The lowest BCUT2D eigenvalue weighted by molar-refractivity contribution is -0.117. The van der Waals surface area contributed by atoms with E-state index in [0.29, 0.717) is 12.0 Å². The Labute approximate surface area is 65.8 Å². The minimum Gasteiger partial charge on any atom is -0.355 e. The highest BCUT2D eigenvalue weighted by Crippen LogP contribution is 2.05. The molecule has 11 heavy (non-hydrogen) atoms. The van der Waals surface area contributed by atoms with Crippen molar-refractivity contribution in [2.24, 2.45) is 0 Å². The van der Waals surface area contributed by atoms with E-state index >= 15 is 0 Å². The zero-order valence-electron chi connectivity index (χ0n) is 6.78. The quantitative estimate of drug-likeness (QED) is 0.488. The first kappa shape index (κ1) is 9.88. The van der Waals surface area contributed by atoms with E-state index < -0.39 is 5.83 Å². The molecule has 0 rings (SSSR count). The van der Waals surface area contributed by atoms with Crippen LogP contribution in [0.5, 0.6) is 0 Å². The van der Waals surface area contributed by atoms with Crippen LogP contribution in [0.2, 0.25) is 0 Å². The average Bonchev–Trinajstić information content (AvgIpc) is 1.98. The fourth-order valence-electron chi connectivity index (χ4n) is 0.678. The Hall–Kier alpha value is -1.12. The molecular weight excluding hydrogens is 145 g/mol. The third kappa shape index (κ3) is 3.55. The summed E-state index contributed by atoms with van der Waals surface area (Å²) >= 11 is 0. The van der Waals surface area contributed by atoms with Crippen molar-refractivity contribution in [1.29, 1.82) is 0 Å². The highest BCUT2D eigenvalue weighted by molar-refractivity contribution is 5.93. The summed E-state index contributed by atoms with van der Waals surface area (Å²) in [4.78, 5) is 10.9. The first-order valence-corrected chi connectivity index (χ1v) is 3.38. The molecule has 0 aliphatic rings. The van der Waals surface area contributed by atoms with Gasteiger partial charge in [0.1, 0.15) is 5.83 Å². The highest BCUT2D eigenvalue weighted by atomic mass is 19.1. The van der Waals surface area contributed by atoms with Crippen molar-refractivity contribution in [2.45, 2.75) is 13.3 Å². The van der Waals surface area contributed by atoms with Gasteiger partial charge in [0.25, 0.3) is 0 Å². The minimum absolute atomic E-state index is 0.258. The summed E-state index contributed by atoms with van der Waals surface area (Å²) in [5.41, 5.74) is 0.403. The van der Waals surface area contributed by atoms with Crippen LogP contribution in [0, 0.1) is 0 Å². The van der Waals surface area contributed by atoms with E-state index in [1.54, 1.807) is 6.92 Å². The molecule has 0 aromatic carbocycles. The highest BCUT2D eigenvalue weighted by Gasteiger charge is 2.03. The molecule has 0 aromatic heterocycles. The normalized spacial score (nSPS) is 11.0. The largest absolute Gasteiger partial charge is 0.355 e. The van der Waals surface area contributed by atoms with E-state index in [1.165, 1.54) is 7.05 Å². The van der Waals surface area contributed by atoms with Gasteiger partial charge in [-0.15, -0.1) is 0 Å². The monoisotopic (exact) mass is 157 g/mol. The van der Waals surface area contributed by atoms with Gasteiger partial charge >= 0.3 is 0 Å². The Kier molecular flexibility index (Phi) is 4.18. The Balaban J connectivity index is 4.39. The van der Waals surface area contributed by atoms with Gasteiger partial charge in [0, 0.05) is 12.6 Å². The number of rotatable bonds is 3. The fourth-order valence-corrected chi connectivity index (χ4v) is 0.678. The van der Waals surface area contributed by atoms with Gasteiger partial charge in [-0.3, -0.25) is 4.79 Å². The van der Waals surface area contributed by atoms with Crippen LogP contribution in [0.25, 0.3) is 0 Å². The molecule has 0 radical (unpaired) electrons. The number of carbonyl (C=O) groups excluding carboxylic acids is 1. The predicted molar refractivity (Wildman–Crippen MR) is 42.7 cm³/mol. The predicted octanol–water partition coefficient (Wildman–Crippen LogP) is 1.55. The van der Waals surface area contributed by atoms with Crippen LogP contribution in [0.3, 0.4) is 0 Å². The summed E-state index contributed by atoms with van der Waals surface area (Å²) < 4.78 is 12.2. The third-order valence-electron chi connectivity index (χ3n) is 1.23. The molecule has 2 nitrogen and oxygen atoms in total. The number of halogens is 1. The van der Waals surface area contributed by atoms with Gasteiger partial charge in [-0.25, -0.2) is 4.39 Å². The summed E-state index contributed by atoms with van der Waals surface area (Å²) in [5, 5.41) is 2.41. The maximum absolute atomic E-state index is 12.2. The summed E-state index contributed by atoms with van der Waals surface area (Å²) in [6.45, 7) is 4.82. The lowest BCUT2D eigenvalue weighted by Crippen LogP contribution is -2.19. The van der Waals surface area contributed by atoms with Crippen molar-refractivity contribution in [3.8, 4) is 0 Å². The van der Waals surface area contributed by atoms with Gasteiger partial charge in [-0.2, -0.15) is 0 Å². The van der Waals surface area contributed by atoms with E-state index in [9.17, 15) is 9.18 Å². The SMILES string of the molecule is C=C(F)/C=C(\CC)C(=O)NC. The van der Waals surface area contributed by atoms with Gasteiger partial charge in [0.15, 0.2) is 0 Å². The van der Waals surface area contributed by atoms with E-state index in [4.69, 9.17) is 0 Å². The summed E-state index contributed by atoms with van der Waals surface area (Å²) in [6.07, 6.45) is 1.64. The van der Waals surface area contributed by atoms with Crippen LogP contribution in [0.1, 0.15) is 13.3 Å². The van der Waals surface area contributed by atoms with Crippen LogP contribution in [0.4, 0.5) is 4.39 Å². The van der Waals surface area contributed by atoms with Gasteiger partial charge in [0.2, 0.25) is 5.91 Å².